The lowest BCUT2D eigenvalue weighted by molar-refractivity contribution is 0.0520. The van der Waals surface area contributed by atoms with Gasteiger partial charge in [0.25, 0.3) is 0 Å². The van der Waals surface area contributed by atoms with Gasteiger partial charge in [0.05, 0.1) is 17.3 Å². The van der Waals surface area contributed by atoms with Crippen molar-refractivity contribution in [1.82, 2.24) is 4.98 Å². The highest BCUT2D eigenvalue weighted by molar-refractivity contribution is 6.33. The number of aromatic nitrogens is 1. The van der Waals surface area contributed by atoms with Gasteiger partial charge in [0, 0.05) is 5.56 Å². The molecule has 3 nitrogen and oxygen atoms in total. The molecule has 2 rings (SSSR count). The van der Waals surface area contributed by atoms with Gasteiger partial charge in [0.15, 0.2) is 5.69 Å². The highest BCUT2D eigenvalue weighted by atomic mass is 35.5. The van der Waals surface area contributed by atoms with Crippen LogP contribution in [0.1, 0.15) is 17.4 Å². The van der Waals surface area contributed by atoms with Crippen molar-refractivity contribution in [2.75, 3.05) is 6.61 Å². The quantitative estimate of drug-likeness (QED) is 0.793. The summed E-state index contributed by atoms with van der Waals surface area (Å²) < 4.78 is 4.91. The number of hydrogen-bond acceptors (Lipinski definition) is 3. The first kappa shape index (κ1) is 12.6. The molecule has 0 aliphatic heterocycles. The van der Waals surface area contributed by atoms with Gasteiger partial charge in [0.1, 0.15) is 0 Å². The summed E-state index contributed by atoms with van der Waals surface area (Å²) in [7, 11) is 0. The van der Waals surface area contributed by atoms with E-state index in [-0.39, 0.29) is 5.69 Å². The van der Waals surface area contributed by atoms with Gasteiger partial charge in [-0.3, -0.25) is 0 Å². The predicted octanol–water partition coefficient (Wildman–Crippen LogP) is 3.58. The molecule has 0 fully saturated rings. The molecule has 0 atom stereocenters. The minimum Gasteiger partial charge on any atom is -0.461 e. The Balaban J connectivity index is 2.41. The molecule has 0 N–H and O–H groups in total. The van der Waals surface area contributed by atoms with Crippen LogP contribution < -0.4 is 0 Å². The van der Waals surface area contributed by atoms with Crippen LogP contribution in [0.5, 0.6) is 0 Å². The molecule has 0 aliphatic rings. The second-order valence-electron chi connectivity index (χ2n) is 3.61. The molecular formula is C14H12ClNO2. The van der Waals surface area contributed by atoms with Crippen molar-refractivity contribution < 1.29 is 9.53 Å². The summed E-state index contributed by atoms with van der Waals surface area (Å²) in [4.78, 5) is 15.9. The zero-order chi connectivity index (χ0) is 13.0. The molecule has 18 heavy (non-hydrogen) atoms. The smallest absolute Gasteiger partial charge is 0.358 e. The molecular weight excluding hydrogens is 250 g/mol. The normalized spacial score (nSPS) is 10.1. The minimum absolute atomic E-state index is 0.153. The highest BCUT2D eigenvalue weighted by Crippen LogP contribution is 2.22. The zero-order valence-electron chi connectivity index (χ0n) is 9.89. The van der Waals surface area contributed by atoms with Crippen molar-refractivity contribution in [1.29, 1.82) is 0 Å². The number of rotatable bonds is 3. The first-order chi connectivity index (χ1) is 8.72. The highest BCUT2D eigenvalue weighted by Gasteiger charge is 2.14. The van der Waals surface area contributed by atoms with Crippen LogP contribution in [-0.2, 0) is 4.74 Å². The molecule has 1 aromatic heterocycles. The molecule has 2 aromatic rings. The van der Waals surface area contributed by atoms with E-state index in [4.69, 9.17) is 16.3 Å². The molecule has 1 heterocycles. The van der Waals surface area contributed by atoms with E-state index in [0.717, 1.165) is 5.56 Å². The summed E-state index contributed by atoms with van der Waals surface area (Å²) in [5.74, 6) is -0.500. The van der Waals surface area contributed by atoms with Crippen molar-refractivity contribution in [2.45, 2.75) is 6.92 Å². The second-order valence-corrected chi connectivity index (χ2v) is 4.02. The van der Waals surface area contributed by atoms with E-state index in [9.17, 15) is 4.79 Å². The molecule has 0 unspecified atom stereocenters. The average Bonchev–Trinajstić information content (AvgIpc) is 2.40. The molecule has 0 spiro atoms. The maximum Gasteiger partial charge on any atom is 0.358 e. The van der Waals surface area contributed by atoms with Gasteiger partial charge in [-0.15, -0.1) is 0 Å². The Morgan fingerprint density at radius 2 is 1.94 bits per heavy atom. The molecule has 0 saturated heterocycles. The third-order valence-corrected chi connectivity index (χ3v) is 2.69. The Morgan fingerprint density at radius 3 is 2.61 bits per heavy atom. The third kappa shape index (κ3) is 2.68. The number of pyridine rings is 1. The van der Waals surface area contributed by atoms with Crippen molar-refractivity contribution in [3.8, 4) is 11.3 Å². The fraction of sp³-hybridized carbons (Fsp3) is 0.143. The first-order valence-corrected chi connectivity index (χ1v) is 5.99. The number of hydrogen-bond donors (Lipinski definition) is 0. The Labute approximate surface area is 110 Å². The van der Waals surface area contributed by atoms with E-state index in [0.29, 0.717) is 17.3 Å². The minimum atomic E-state index is -0.500. The van der Waals surface area contributed by atoms with Crippen LogP contribution in [0.2, 0.25) is 5.02 Å². The third-order valence-electron chi connectivity index (χ3n) is 2.38. The number of ether oxygens (including phenoxy) is 1. The maximum atomic E-state index is 11.7. The Hall–Kier alpha value is -1.87. The van der Waals surface area contributed by atoms with Crippen LogP contribution in [0.15, 0.2) is 42.5 Å². The largest absolute Gasteiger partial charge is 0.461 e. The average molecular weight is 262 g/mol. The lowest BCUT2D eigenvalue weighted by atomic mass is 10.1. The van der Waals surface area contributed by atoms with E-state index in [1.54, 1.807) is 19.1 Å². The summed E-state index contributed by atoms with van der Waals surface area (Å²) in [6.45, 7) is 2.04. The second kappa shape index (κ2) is 5.65. The lowest BCUT2D eigenvalue weighted by Gasteiger charge is -2.06. The summed E-state index contributed by atoms with van der Waals surface area (Å²) in [5.41, 5.74) is 1.78. The van der Waals surface area contributed by atoms with E-state index < -0.39 is 5.97 Å². The number of esters is 1. The number of carbonyl (C=O) groups is 1. The van der Waals surface area contributed by atoms with E-state index in [2.05, 4.69) is 4.98 Å². The fourth-order valence-corrected chi connectivity index (χ4v) is 1.74. The standard InChI is InChI=1S/C14H12ClNO2/c1-2-18-14(17)13-11(15)8-9-12(16-13)10-6-4-3-5-7-10/h3-9H,2H2,1H3. The molecule has 1 aromatic carbocycles. The van der Waals surface area contributed by atoms with Gasteiger partial charge >= 0.3 is 5.97 Å². The number of halogens is 1. The molecule has 0 radical (unpaired) electrons. The Bertz CT molecular complexity index is 555. The molecule has 4 heteroatoms. The van der Waals surface area contributed by atoms with Crippen molar-refractivity contribution in [3.05, 3.63) is 53.2 Å². The summed E-state index contributed by atoms with van der Waals surface area (Å²) >= 11 is 5.95. The lowest BCUT2D eigenvalue weighted by Crippen LogP contribution is -2.08. The SMILES string of the molecule is CCOC(=O)c1nc(-c2ccccc2)ccc1Cl. The summed E-state index contributed by atoms with van der Waals surface area (Å²) in [6, 6.07) is 13.0. The van der Waals surface area contributed by atoms with Gasteiger partial charge < -0.3 is 4.74 Å². The van der Waals surface area contributed by atoms with Crippen LogP contribution in [-0.4, -0.2) is 17.6 Å². The van der Waals surface area contributed by atoms with Crippen LogP contribution in [0.4, 0.5) is 0 Å². The predicted molar refractivity (Wildman–Crippen MR) is 70.6 cm³/mol. The number of carbonyl (C=O) groups excluding carboxylic acids is 1. The number of benzene rings is 1. The van der Waals surface area contributed by atoms with E-state index in [1.807, 2.05) is 30.3 Å². The van der Waals surface area contributed by atoms with E-state index in [1.165, 1.54) is 0 Å². The van der Waals surface area contributed by atoms with Gasteiger partial charge in [0.2, 0.25) is 0 Å². The molecule has 0 amide bonds. The number of nitrogens with zero attached hydrogens (tertiary/aromatic N) is 1. The monoisotopic (exact) mass is 261 g/mol. The Kier molecular flexibility index (Phi) is 3.95. The van der Waals surface area contributed by atoms with Crippen molar-refractivity contribution in [2.24, 2.45) is 0 Å². The molecule has 92 valence electrons. The van der Waals surface area contributed by atoms with Crippen LogP contribution in [0.3, 0.4) is 0 Å². The van der Waals surface area contributed by atoms with Gasteiger partial charge in [-0.1, -0.05) is 41.9 Å². The van der Waals surface area contributed by atoms with Crippen LogP contribution in [0.25, 0.3) is 11.3 Å². The fourth-order valence-electron chi connectivity index (χ4n) is 1.55. The molecule has 0 aliphatic carbocycles. The van der Waals surface area contributed by atoms with Crippen LogP contribution in [0, 0.1) is 0 Å². The van der Waals surface area contributed by atoms with Gasteiger partial charge in [-0.25, -0.2) is 9.78 Å². The Morgan fingerprint density at radius 1 is 1.22 bits per heavy atom. The zero-order valence-corrected chi connectivity index (χ0v) is 10.6. The van der Waals surface area contributed by atoms with Crippen molar-refractivity contribution in [3.63, 3.8) is 0 Å². The topological polar surface area (TPSA) is 39.2 Å². The first-order valence-electron chi connectivity index (χ1n) is 5.61. The maximum absolute atomic E-state index is 11.7. The summed E-state index contributed by atoms with van der Waals surface area (Å²) in [5, 5.41) is 0.299. The summed E-state index contributed by atoms with van der Waals surface area (Å²) in [6.07, 6.45) is 0. The van der Waals surface area contributed by atoms with Crippen LogP contribution >= 0.6 is 11.6 Å². The van der Waals surface area contributed by atoms with Gasteiger partial charge in [-0.2, -0.15) is 0 Å². The van der Waals surface area contributed by atoms with Gasteiger partial charge in [-0.05, 0) is 19.1 Å². The molecule has 0 saturated carbocycles. The van der Waals surface area contributed by atoms with Crippen molar-refractivity contribution >= 4 is 17.6 Å². The molecule has 0 bridgehead atoms. The van der Waals surface area contributed by atoms with E-state index >= 15 is 0 Å².